The minimum absolute atomic E-state index is 0.223. The number of nitrogens with zero attached hydrogens (tertiary/aromatic N) is 1. The molecule has 0 fully saturated rings. The van der Waals surface area contributed by atoms with Crippen LogP contribution in [0.3, 0.4) is 0 Å². The molecular formula is C16H24N2O. The highest BCUT2D eigenvalue weighted by Crippen LogP contribution is 2.25. The zero-order valence-corrected chi connectivity index (χ0v) is 12.2. The molecular weight excluding hydrogens is 236 g/mol. The third-order valence-electron chi connectivity index (χ3n) is 3.22. The number of benzene rings is 1. The highest BCUT2D eigenvalue weighted by atomic mass is 16.5. The van der Waals surface area contributed by atoms with Gasteiger partial charge >= 0.3 is 0 Å². The van der Waals surface area contributed by atoms with Crippen LogP contribution in [-0.2, 0) is 6.42 Å². The van der Waals surface area contributed by atoms with Crippen molar-refractivity contribution in [2.75, 3.05) is 6.61 Å². The zero-order chi connectivity index (χ0) is 14.3. The Hall–Kier alpha value is -1.53. The van der Waals surface area contributed by atoms with Crippen LogP contribution < -0.4 is 10.5 Å². The number of ether oxygens (including phenoxy) is 1. The zero-order valence-electron chi connectivity index (χ0n) is 12.2. The van der Waals surface area contributed by atoms with E-state index in [-0.39, 0.29) is 6.04 Å². The fraction of sp³-hybridized carbons (Fsp3) is 0.562. The van der Waals surface area contributed by atoms with Gasteiger partial charge in [-0.25, -0.2) is 0 Å². The van der Waals surface area contributed by atoms with Crippen molar-refractivity contribution in [3.63, 3.8) is 0 Å². The van der Waals surface area contributed by atoms with Crippen molar-refractivity contribution in [1.29, 1.82) is 5.26 Å². The quantitative estimate of drug-likeness (QED) is 0.765. The SMILES string of the molecule is CCC(N)Cc1cc(C)c(OCCCC#N)c(C)c1. The summed E-state index contributed by atoms with van der Waals surface area (Å²) < 4.78 is 5.77. The number of nitrogens with two attached hydrogens (primary N) is 1. The second kappa shape index (κ2) is 7.81. The molecule has 3 nitrogen and oxygen atoms in total. The van der Waals surface area contributed by atoms with E-state index in [1.165, 1.54) is 5.56 Å². The van der Waals surface area contributed by atoms with Crippen molar-refractivity contribution in [1.82, 2.24) is 0 Å². The van der Waals surface area contributed by atoms with E-state index in [2.05, 4.69) is 39.0 Å². The predicted octanol–water partition coefficient (Wildman–Crippen LogP) is 3.27. The molecule has 0 saturated carbocycles. The summed E-state index contributed by atoms with van der Waals surface area (Å²) in [6.07, 6.45) is 3.22. The van der Waals surface area contributed by atoms with Gasteiger partial charge in [-0.15, -0.1) is 0 Å². The molecule has 0 radical (unpaired) electrons. The third kappa shape index (κ3) is 4.92. The van der Waals surface area contributed by atoms with Crippen LogP contribution >= 0.6 is 0 Å². The van der Waals surface area contributed by atoms with Gasteiger partial charge in [0.1, 0.15) is 5.75 Å². The van der Waals surface area contributed by atoms with E-state index in [1.807, 2.05) is 0 Å². The fourth-order valence-corrected chi connectivity index (χ4v) is 2.16. The molecule has 0 aliphatic heterocycles. The van der Waals surface area contributed by atoms with Crippen LogP contribution in [0.15, 0.2) is 12.1 Å². The van der Waals surface area contributed by atoms with Gasteiger partial charge in [-0.1, -0.05) is 19.1 Å². The molecule has 19 heavy (non-hydrogen) atoms. The van der Waals surface area contributed by atoms with Crippen LogP contribution in [0.4, 0.5) is 0 Å². The van der Waals surface area contributed by atoms with Gasteiger partial charge in [-0.05, 0) is 49.8 Å². The van der Waals surface area contributed by atoms with Gasteiger partial charge in [0.25, 0.3) is 0 Å². The van der Waals surface area contributed by atoms with Crippen LogP contribution in [-0.4, -0.2) is 12.6 Å². The first-order valence-corrected chi connectivity index (χ1v) is 6.94. The summed E-state index contributed by atoms with van der Waals surface area (Å²) in [5.74, 6) is 0.951. The maximum Gasteiger partial charge on any atom is 0.125 e. The normalized spacial score (nSPS) is 11.9. The summed E-state index contributed by atoms with van der Waals surface area (Å²) in [6, 6.07) is 6.66. The van der Waals surface area contributed by atoms with E-state index in [4.69, 9.17) is 15.7 Å². The summed E-state index contributed by atoms with van der Waals surface area (Å²) in [4.78, 5) is 0. The van der Waals surface area contributed by atoms with Crippen LogP contribution in [0.2, 0.25) is 0 Å². The van der Waals surface area contributed by atoms with Crippen LogP contribution in [0.5, 0.6) is 5.75 Å². The Labute approximate surface area is 116 Å². The number of hydrogen-bond donors (Lipinski definition) is 1. The Kier molecular flexibility index (Phi) is 6.38. The molecule has 0 aliphatic carbocycles. The first-order valence-electron chi connectivity index (χ1n) is 6.94. The minimum atomic E-state index is 0.223. The lowest BCUT2D eigenvalue weighted by Crippen LogP contribution is -2.21. The highest BCUT2D eigenvalue weighted by molar-refractivity contribution is 5.43. The number of nitriles is 1. The molecule has 104 valence electrons. The van der Waals surface area contributed by atoms with Crippen molar-refractivity contribution in [2.24, 2.45) is 5.73 Å². The molecule has 0 aromatic heterocycles. The van der Waals surface area contributed by atoms with Gasteiger partial charge in [0, 0.05) is 12.5 Å². The second-order valence-corrected chi connectivity index (χ2v) is 5.04. The molecule has 0 heterocycles. The Morgan fingerprint density at radius 3 is 2.47 bits per heavy atom. The molecule has 2 N–H and O–H groups in total. The molecule has 1 atom stereocenters. The second-order valence-electron chi connectivity index (χ2n) is 5.04. The molecule has 1 rings (SSSR count). The number of aryl methyl sites for hydroxylation is 2. The van der Waals surface area contributed by atoms with Gasteiger partial charge in [-0.3, -0.25) is 0 Å². The number of hydrogen-bond acceptors (Lipinski definition) is 3. The van der Waals surface area contributed by atoms with Gasteiger partial charge in [0.2, 0.25) is 0 Å². The first-order chi connectivity index (χ1) is 9.08. The van der Waals surface area contributed by atoms with Gasteiger partial charge < -0.3 is 10.5 Å². The monoisotopic (exact) mass is 260 g/mol. The lowest BCUT2D eigenvalue weighted by Gasteiger charge is -2.15. The number of rotatable bonds is 7. The molecule has 1 unspecified atom stereocenters. The topological polar surface area (TPSA) is 59.0 Å². The van der Waals surface area contributed by atoms with Crippen molar-refractivity contribution in [3.05, 3.63) is 28.8 Å². The van der Waals surface area contributed by atoms with E-state index >= 15 is 0 Å². The van der Waals surface area contributed by atoms with E-state index < -0.39 is 0 Å². The fourth-order valence-electron chi connectivity index (χ4n) is 2.16. The molecule has 1 aromatic rings. The van der Waals surface area contributed by atoms with E-state index in [0.717, 1.165) is 36.1 Å². The van der Waals surface area contributed by atoms with Crippen LogP contribution in [0.1, 0.15) is 42.9 Å². The third-order valence-corrected chi connectivity index (χ3v) is 3.22. The lowest BCUT2D eigenvalue weighted by molar-refractivity contribution is 0.308. The van der Waals surface area contributed by atoms with Crippen molar-refractivity contribution in [3.8, 4) is 11.8 Å². The molecule has 0 aliphatic rings. The summed E-state index contributed by atoms with van der Waals surface area (Å²) in [6.45, 7) is 6.83. The Bertz CT molecular complexity index is 426. The van der Waals surface area contributed by atoms with Crippen molar-refractivity contribution in [2.45, 2.75) is 52.5 Å². The van der Waals surface area contributed by atoms with Gasteiger partial charge in [0.05, 0.1) is 12.7 Å². The summed E-state index contributed by atoms with van der Waals surface area (Å²) in [5.41, 5.74) is 9.56. The van der Waals surface area contributed by atoms with Crippen LogP contribution in [0.25, 0.3) is 0 Å². The maximum absolute atomic E-state index is 8.50. The predicted molar refractivity (Wildman–Crippen MR) is 78.2 cm³/mol. The Morgan fingerprint density at radius 1 is 1.32 bits per heavy atom. The molecule has 0 bridgehead atoms. The average molecular weight is 260 g/mol. The van der Waals surface area contributed by atoms with Crippen LogP contribution in [0, 0.1) is 25.2 Å². The van der Waals surface area contributed by atoms with E-state index in [1.54, 1.807) is 0 Å². The lowest BCUT2D eigenvalue weighted by atomic mass is 9.99. The molecule has 3 heteroatoms. The Morgan fingerprint density at radius 2 is 1.95 bits per heavy atom. The van der Waals surface area contributed by atoms with E-state index in [9.17, 15) is 0 Å². The van der Waals surface area contributed by atoms with Gasteiger partial charge in [0.15, 0.2) is 0 Å². The van der Waals surface area contributed by atoms with Crippen molar-refractivity contribution < 1.29 is 4.74 Å². The van der Waals surface area contributed by atoms with Crippen molar-refractivity contribution >= 4 is 0 Å². The smallest absolute Gasteiger partial charge is 0.125 e. The minimum Gasteiger partial charge on any atom is -0.493 e. The Balaban J connectivity index is 2.71. The standard InChI is InChI=1S/C16H24N2O/c1-4-15(18)11-14-9-12(2)16(13(3)10-14)19-8-6-5-7-17/h9-10,15H,4-6,8,11,18H2,1-3H3. The largest absolute Gasteiger partial charge is 0.493 e. The average Bonchev–Trinajstić information content (AvgIpc) is 2.37. The molecule has 0 saturated heterocycles. The van der Waals surface area contributed by atoms with E-state index in [0.29, 0.717) is 13.0 Å². The molecule has 1 aromatic carbocycles. The van der Waals surface area contributed by atoms with Gasteiger partial charge in [-0.2, -0.15) is 5.26 Å². The summed E-state index contributed by atoms with van der Waals surface area (Å²) >= 11 is 0. The summed E-state index contributed by atoms with van der Waals surface area (Å²) in [5, 5.41) is 8.50. The first kappa shape index (κ1) is 15.5. The maximum atomic E-state index is 8.50. The molecule has 0 spiro atoms. The number of unbranched alkanes of at least 4 members (excludes halogenated alkanes) is 1. The highest BCUT2D eigenvalue weighted by Gasteiger charge is 2.08. The molecule has 0 amide bonds. The summed E-state index contributed by atoms with van der Waals surface area (Å²) in [7, 11) is 0.